The van der Waals surface area contributed by atoms with Crippen molar-refractivity contribution in [3.8, 4) is 22.3 Å². The zero-order chi connectivity index (χ0) is 25.1. The third-order valence-electron chi connectivity index (χ3n) is 5.36. The van der Waals surface area contributed by atoms with E-state index < -0.39 is 0 Å². The molecule has 0 saturated heterocycles. The molecule has 0 bridgehead atoms. The minimum absolute atomic E-state index is 0.197. The number of H-pyrrole nitrogens is 2. The van der Waals surface area contributed by atoms with Crippen molar-refractivity contribution < 1.29 is 0 Å². The van der Waals surface area contributed by atoms with Gasteiger partial charge < -0.3 is 22.9 Å². The van der Waals surface area contributed by atoms with Gasteiger partial charge in [0.1, 0.15) is 11.6 Å². The van der Waals surface area contributed by atoms with Gasteiger partial charge in [0, 0.05) is 0 Å². The van der Waals surface area contributed by atoms with Crippen molar-refractivity contribution in [2.24, 2.45) is 20.5 Å². The van der Waals surface area contributed by atoms with Crippen molar-refractivity contribution in [3.63, 3.8) is 0 Å². The summed E-state index contributed by atoms with van der Waals surface area (Å²) >= 11 is 0. The number of azo groups is 2. The lowest BCUT2D eigenvalue weighted by Gasteiger charge is -2.06. The number of aromatic nitrogens is 4. The highest BCUT2D eigenvalue weighted by Crippen LogP contribution is 2.32. The first-order valence-corrected chi connectivity index (χ1v) is 10.8. The normalized spacial score (nSPS) is 11.6. The topological polar surface area (TPSA) is 211 Å². The average Bonchev–Trinajstić information content (AvgIpc) is 3.40. The van der Waals surface area contributed by atoms with E-state index in [9.17, 15) is 0 Å². The lowest BCUT2D eigenvalue weighted by atomic mass is 10.00. The number of nitrogens with one attached hydrogen (secondary N) is 2. The van der Waals surface area contributed by atoms with Crippen LogP contribution >= 0.6 is 0 Å². The molecule has 0 fully saturated rings. The quantitative estimate of drug-likeness (QED) is 0.170. The summed E-state index contributed by atoms with van der Waals surface area (Å²) in [6.45, 7) is 0. The molecule has 0 saturated carbocycles. The highest BCUT2D eigenvalue weighted by atomic mass is 15.3. The molecule has 0 amide bonds. The Morgan fingerprint density at radius 1 is 0.500 bits per heavy atom. The standard InChI is InChI=1S/C24H22N12/c25-21-19(22(26)34-33-21)31-29-17-5-1-3-15(11-17)13-7-9-14(10-8-13)16-4-2-6-18(12-16)30-32-20-23(27)35-36-24(20)28/h1-12H,(H5,25,26,33,34)(H5,27,28,35,36). The number of nitrogens with two attached hydrogens (primary N) is 4. The Balaban J connectivity index is 1.35. The zero-order valence-electron chi connectivity index (χ0n) is 18.9. The maximum atomic E-state index is 5.77. The molecule has 36 heavy (non-hydrogen) atoms. The minimum Gasteiger partial charge on any atom is -0.382 e. The lowest BCUT2D eigenvalue weighted by molar-refractivity contribution is 1.11. The van der Waals surface area contributed by atoms with Gasteiger partial charge in [0.15, 0.2) is 23.0 Å². The minimum atomic E-state index is 0.197. The van der Waals surface area contributed by atoms with Crippen LogP contribution in [-0.4, -0.2) is 20.4 Å². The molecule has 178 valence electrons. The molecule has 0 aliphatic heterocycles. The average molecular weight is 479 g/mol. The lowest BCUT2D eigenvalue weighted by Crippen LogP contribution is -1.84. The van der Waals surface area contributed by atoms with Gasteiger partial charge in [-0.3, -0.25) is 10.2 Å². The molecule has 12 nitrogen and oxygen atoms in total. The van der Waals surface area contributed by atoms with Gasteiger partial charge in [-0.2, -0.15) is 20.4 Å². The number of rotatable bonds is 6. The molecule has 0 atom stereocenters. The molecule has 0 aliphatic rings. The predicted octanol–water partition coefficient (Wildman–Crippen LogP) is 5.63. The third kappa shape index (κ3) is 4.59. The molecule has 12 heteroatoms. The summed E-state index contributed by atoms with van der Waals surface area (Å²) in [5, 5.41) is 29.5. The third-order valence-corrected chi connectivity index (χ3v) is 5.36. The van der Waals surface area contributed by atoms with Gasteiger partial charge in [-0.05, 0) is 46.5 Å². The van der Waals surface area contributed by atoms with Crippen LogP contribution in [0.4, 0.5) is 46.0 Å². The smallest absolute Gasteiger partial charge is 0.175 e. The first kappa shape index (κ1) is 22.3. The van der Waals surface area contributed by atoms with Gasteiger partial charge >= 0.3 is 0 Å². The molecule has 2 heterocycles. The summed E-state index contributed by atoms with van der Waals surface area (Å²) in [6, 6.07) is 23.5. The van der Waals surface area contributed by atoms with Crippen molar-refractivity contribution >= 4 is 46.0 Å². The summed E-state index contributed by atoms with van der Waals surface area (Å²) in [5.41, 5.74) is 29.0. The van der Waals surface area contributed by atoms with Gasteiger partial charge in [-0.25, -0.2) is 0 Å². The number of benzene rings is 3. The molecule has 0 spiro atoms. The largest absolute Gasteiger partial charge is 0.382 e. The molecule has 5 aromatic rings. The second-order valence-corrected chi connectivity index (χ2v) is 7.82. The van der Waals surface area contributed by atoms with E-state index in [-0.39, 0.29) is 23.3 Å². The van der Waals surface area contributed by atoms with Gasteiger partial charge in [0.2, 0.25) is 0 Å². The van der Waals surface area contributed by atoms with Gasteiger partial charge in [0.25, 0.3) is 0 Å². The SMILES string of the molecule is Nc1n[nH]c(N)c1N=Nc1cccc(-c2ccc(-c3cccc(N=Nc4c(N)n[nH]c4N)c3)cc2)c1. The van der Waals surface area contributed by atoms with E-state index in [0.717, 1.165) is 22.3 Å². The fourth-order valence-corrected chi connectivity index (χ4v) is 3.50. The van der Waals surface area contributed by atoms with Crippen LogP contribution in [0.15, 0.2) is 93.3 Å². The van der Waals surface area contributed by atoms with Crippen LogP contribution in [0.2, 0.25) is 0 Å². The zero-order valence-corrected chi connectivity index (χ0v) is 18.9. The van der Waals surface area contributed by atoms with Crippen LogP contribution in [0.25, 0.3) is 22.3 Å². The molecule has 0 unspecified atom stereocenters. The fourth-order valence-electron chi connectivity index (χ4n) is 3.50. The van der Waals surface area contributed by atoms with Crippen LogP contribution < -0.4 is 22.9 Å². The first-order valence-electron chi connectivity index (χ1n) is 10.8. The molecule has 0 aliphatic carbocycles. The monoisotopic (exact) mass is 478 g/mol. The van der Waals surface area contributed by atoms with Crippen LogP contribution in [0, 0.1) is 0 Å². The second-order valence-electron chi connectivity index (χ2n) is 7.82. The number of nitrogens with zero attached hydrogens (tertiary/aromatic N) is 6. The van der Waals surface area contributed by atoms with Crippen molar-refractivity contribution in [1.82, 2.24) is 20.4 Å². The van der Waals surface area contributed by atoms with E-state index in [0.29, 0.717) is 22.7 Å². The second kappa shape index (κ2) is 9.38. The van der Waals surface area contributed by atoms with Crippen molar-refractivity contribution in [2.75, 3.05) is 22.9 Å². The Kier molecular flexibility index (Phi) is 5.81. The number of anilines is 4. The van der Waals surface area contributed by atoms with E-state index in [1.165, 1.54) is 0 Å². The summed E-state index contributed by atoms with van der Waals surface area (Å²) < 4.78 is 0. The van der Waals surface area contributed by atoms with Crippen LogP contribution in [-0.2, 0) is 0 Å². The molecule has 10 N–H and O–H groups in total. The molecule has 2 aromatic heterocycles. The molecule has 3 aromatic carbocycles. The summed E-state index contributed by atoms with van der Waals surface area (Å²) in [5.74, 6) is 0.929. The van der Waals surface area contributed by atoms with E-state index in [2.05, 4.69) is 40.9 Å². The van der Waals surface area contributed by atoms with Crippen LogP contribution in [0.3, 0.4) is 0 Å². The highest BCUT2D eigenvalue weighted by Gasteiger charge is 2.08. The van der Waals surface area contributed by atoms with Crippen molar-refractivity contribution in [3.05, 3.63) is 72.8 Å². The summed E-state index contributed by atoms with van der Waals surface area (Å²) in [6.07, 6.45) is 0. The van der Waals surface area contributed by atoms with E-state index in [1.807, 2.05) is 72.8 Å². The van der Waals surface area contributed by atoms with Gasteiger partial charge in [-0.1, -0.05) is 48.5 Å². The fraction of sp³-hybridized carbons (Fsp3) is 0. The van der Waals surface area contributed by atoms with Gasteiger partial charge in [0.05, 0.1) is 11.4 Å². The number of hydrogen-bond donors (Lipinski definition) is 6. The predicted molar refractivity (Wildman–Crippen MR) is 140 cm³/mol. The molecule has 5 rings (SSSR count). The Hall–Kier alpha value is -5.52. The number of hydrogen-bond acceptors (Lipinski definition) is 10. The van der Waals surface area contributed by atoms with Crippen LogP contribution in [0.5, 0.6) is 0 Å². The van der Waals surface area contributed by atoms with Crippen molar-refractivity contribution in [1.29, 1.82) is 0 Å². The maximum Gasteiger partial charge on any atom is 0.175 e. The first-order chi connectivity index (χ1) is 17.5. The van der Waals surface area contributed by atoms with E-state index >= 15 is 0 Å². The van der Waals surface area contributed by atoms with Gasteiger partial charge in [-0.15, -0.1) is 10.2 Å². The van der Waals surface area contributed by atoms with E-state index in [4.69, 9.17) is 22.9 Å². The summed E-state index contributed by atoms with van der Waals surface area (Å²) in [4.78, 5) is 0. The Morgan fingerprint density at radius 3 is 1.28 bits per heavy atom. The number of nitrogen functional groups attached to an aromatic ring is 4. The molecular weight excluding hydrogens is 456 g/mol. The summed E-state index contributed by atoms with van der Waals surface area (Å²) in [7, 11) is 0. The van der Waals surface area contributed by atoms with E-state index in [1.54, 1.807) is 0 Å². The Bertz CT molecular complexity index is 1420. The highest BCUT2D eigenvalue weighted by molar-refractivity contribution is 5.74. The Labute approximate surface area is 205 Å². The van der Waals surface area contributed by atoms with Crippen molar-refractivity contribution in [2.45, 2.75) is 0 Å². The molecule has 0 radical (unpaired) electrons. The van der Waals surface area contributed by atoms with Crippen LogP contribution in [0.1, 0.15) is 0 Å². The Morgan fingerprint density at radius 2 is 0.917 bits per heavy atom. The number of aromatic amines is 2. The molecular formula is C24H22N12. The maximum absolute atomic E-state index is 5.77.